The van der Waals surface area contributed by atoms with Crippen LogP contribution >= 0.6 is 0 Å². The van der Waals surface area contributed by atoms with E-state index in [2.05, 4.69) is 29.7 Å². The van der Waals surface area contributed by atoms with E-state index in [1.54, 1.807) is 12.1 Å². The number of nitrogens with zero attached hydrogens (tertiary/aromatic N) is 1. The number of rotatable bonds is 6. The molecule has 6 nitrogen and oxygen atoms in total. The molecule has 0 saturated heterocycles. The van der Waals surface area contributed by atoms with Crippen LogP contribution in [-0.4, -0.2) is 25.0 Å². The Morgan fingerprint density at radius 3 is 2.40 bits per heavy atom. The summed E-state index contributed by atoms with van der Waals surface area (Å²) in [6.45, 7) is 1.97. The largest absolute Gasteiger partial charge is 0.482 e. The molecule has 0 bridgehead atoms. The Labute approximate surface area is 175 Å². The number of carbonyl (C=O) groups excluding carboxylic acids is 2. The van der Waals surface area contributed by atoms with Gasteiger partial charge in [-0.3, -0.25) is 14.5 Å². The normalized spacial score (nSPS) is 13.8. The summed E-state index contributed by atoms with van der Waals surface area (Å²) in [5.74, 6) is 0.101. The number of carbonyl (C=O) groups is 2. The average molecular weight is 401 g/mol. The lowest BCUT2D eigenvalue weighted by molar-refractivity contribution is -0.123. The maximum Gasteiger partial charge on any atom is 0.265 e. The summed E-state index contributed by atoms with van der Waals surface area (Å²) >= 11 is 0. The van der Waals surface area contributed by atoms with Crippen molar-refractivity contribution in [2.45, 2.75) is 13.0 Å². The zero-order valence-corrected chi connectivity index (χ0v) is 16.7. The zero-order valence-electron chi connectivity index (χ0n) is 16.7. The molecule has 2 N–H and O–H groups in total. The van der Waals surface area contributed by atoms with E-state index in [0.717, 1.165) is 5.69 Å². The quantitative estimate of drug-likeness (QED) is 0.649. The van der Waals surface area contributed by atoms with Gasteiger partial charge in [-0.25, -0.2) is 0 Å². The van der Waals surface area contributed by atoms with Crippen LogP contribution in [0.25, 0.3) is 0 Å². The van der Waals surface area contributed by atoms with E-state index in [0.29, 0.717) is 17.1 Å². The summed E-state index contributed by atoms with van der Waals surface area (Å²) in [5, 5.41) is 6.29. The van der Waals surface area contributed by atoms with E-state index >= 15 is 0 Å². The molecule has 0 aromatic heterocycles. The van der Waals surface area contributed by atoms with Crippen molar-refractivity contribution in [1.82, 2.24) is 0 Å². The number of fused-ring (bicyclic) bond motifs is 1. The Bertz CT molecular complexity index is 1040. The molecule has 0 saturated carbocycles. The van der Waals surface area contributed by atoms with Crippen LogP contribution in [0, 0.1) is 0 Å². The van der Waals surface area contributed by atoms with Crippen molar-refractivity contribution in [2.24, 2.45) is 0 Å². The van der Waals surface area contributed by atoms with E-state index in [-0.39, 0.29) is 31.0 Å². The highest BCUT2D eigenvalue weighted by atomic mass is 16.5. The molecule has 6 heteroatoms. The number of para-hydroxylation sites is 2. The molecule has 0 fully saturated rings. The number of amides is 2. The van der Waals surface area contributed by atoms with Gasteiger partial charge in [-0.1, -0.05) is 42.5 Å². The fraction of sp³-hybridized carbons (Fsp3) is 0.167. The lowest BCUT2D eigenvalue weighted by Gasteiger charge is -2.28. The second kappa shape index (κ2) is 8.69. The Kier molecular flexibility index (Phi) is 5.66. The smallest absolute Gasteiger partial charge is 0.265 e. The number of ether oxygens (including phenoxy) is 1. The molecule has 4 rings (SSSR count). The van der Waals surface area contributed by atoms with Gasteiger partial charge in [0.15, 0.2) is 6.61 Å². The molecule has 152 valence electrons. The van der Waals surface area contributed by atoms with E-state index in [1.807, 2.05) is 54.6 Å². The van der Waals surface area contributed by atoms with Gasteiger partial charge in [0, 0.05) is 17.4 Å². The van der Waals surface area contributed by atoms with Crippen molar-refractivity contribution in [3.63, 3.8) is 0 Å². The van der Waals surface area contributed by atoms with Crippen LogP contribution in [0.5, 0.6) is 5.75 Å². The highest BCUT2D eigenvalue weighted by molar-refractivity contribution is 6.04. The average Bonchev–Trinajstić information content (AvgIpc) is 2.78. The van der Waals surface area contributed by atoms with Gasteiger partial charge in [0.25, 0.3) is 5.91 Å². The molecular weight excluding hydrogens is 378 g/mol. The zero-order chi connectivity index (χ0) is 20.9. The number of nitrogens with one attached hydrogen (secondary N) is 2. The van der Waals surface area contributed by atoms with Gasteiger partial charge in [0.2, 0.25) is 5.91 Å². The fourth-order valence-corrected chi connectivity index (χ4v) is 3.40. The summed E-state index contributed by atoms with van der Waals surface area (Å²) in [5.41, 5.74) is 3.44. The molecule has 0 radical (unpaired) electrons. The van der Waals surface area contributed by atoms with Crippen LogP contribution < -0.4 is 20.3 Å². The Hall–Kier alpha value is -3.80. The van der Waals surface area contributed by atoms with E-state index in [4.69, 9.17) is 4.74 Å². The van der Waals surface area contributed by atoms with Crippen molar-refractivity contribution in [3.8, 4) is 5.75 Å². The van der Waals surface area contributed by atoms with E-state index in [9.17, 15) is 9.59 Å². The summed E-state index contributed by atoms with van der Waals surface area (Å²) in [6, 6.07) is 25.1. The number of hydrogen-bond acceptors (Lipinski definition) is 4. The van der Waals surface area contributed by atoms with Crippen LogP contribution in [0.15, 0.2) is 78.9 Å². The van der Waals surface area contributed by atoms with Crippen LogP contribution in [0.4, 0.5) is 17.1 Å². The first-order valence-corrected chi connectivity index (χ1v) is 9.84. The lowest BCUT2D eigenvalue weighted by Crippen LogP contribution is -2.43. The van der Waals surface area contributed by atoms with Gasteiger partial charge in [0.1, 0.15) is 12.3 Å². The highest BCUT2D eigenvalue weighted by Gasteiger charge is 2.26. The Morgan fingerprint density at radius 2 is 1.63 bits per heavy atom. The first kappa shape index (κ1) is 19.5. The second-order valence-corrected chi connectivity index (χ2v) is 7.14. The minimum Gasteiger partial charge on any atom is -0.482 e. The predicted octanol–water partition coefficient (Wildman–Crippen LogP) is 4.22. The van der Waals surface area contributed by atoms with Crippen LogP contribution in [0.3, 0.4) is 0 Å². The topological polar surface area (TPSA) is 70.7 Å². The third kappa shape index (κ3) is 4.43. The summed E-state index contributed by atoms with van der Waals surface area (Å²) < 4.78 is 5.41. The maximum atomic E-state index is 12.5. The van der Waals surface area contributed by atoms with Crippen LogP contribution in [-0.2, 0) is 9.59 Å². The van der Waals surface area contributed by atoms with Crippen molar-refractivity contribution >= 4 is 28.9 Å². The molecule has 1 aliphatic rings. The van der Waals surface area contributed by atoms with Crippen molar-refractivity contribution in [2.75, 3.05) is 28.7 Å². The van der Waals surface area contributed by atoms with E-state index in [1.165, 1.54) is 10.5 Å². The van der Waals surface area contributed by atoms with Gasteiger partial charge in [-0.15, -0.1) is 0 Å². The molecule has 2 amide bonds. The SMILES string of the molecule is CC(Nc1ccc(NC(=O)CN2C(=O)COc3ccccc32)cc1)c1ccccc1. The van der Waals surface area contributed by atoms with Gasteiger partial charge >= 0.3 is 0 Å². The molecule has 1 heterocycles. The molecular formula is C24H23N3O3. The molecule has 3 aromatic rings. The fourth-order valence-electron chi connectivity index (χ4n) is 3.40. The van der Waals surface area contributed by atoms with Gasteiger partial charge in [-0.2, -0.15) is 0 Å². The van der Waals surface area contributed by atoms with Gasteiger partial charge in [0.05, 0.1) is 5.69 Å². The summed E-state index contributed by atoms with van der Waals surface area (Å²) in [7, 11) is 0. The first-order chi connectivity index (χ1) is 14.6. The lowest BCUT2D eigenvalue weighted by atomic mass is 10.1. The van der Waals surface area contributed by atoms with Crippen molar-refractivity contribution in [3.05, 3.63) is 84.4 Å². The Morgan fingerprint density at radius 1 is 0.967 bits per heavy atom. The maximum absolute atomic E-state index is 12.5. The van der Waals surface area contributed by atoms with E-state index < -0.39 is 0 Å². The molecule has 0 aliphatic carbocycles. The first-order valence-electron chi connectivity index (χ1n) is 9.84. The molecule has 0 spiro atoms. The summed E-state index contributed by atoms with van der Waals surface area (Å²) in [6.07, 6.45) is 0. The molecule has 1 aliphatic heterocycles. The third-order valence-corrected chi connectivity index (χ3v) is 4.96. The third-order valence-electron chi connectivity index (χ3n) is 4.96. The molecule has 1 unspecified atom stereocenters. The van der Waals surface area contributed by atoms with Gasteiger partial charge in [-0.05, 0) is 48.9 Å². The molecule has 3 aromatic carbocycles. The minimum atomic E-state index is -0.265. The minimum absolute atomic E-state index is 0.0652. The Balaban J connectivity index is 1.37. The number of anilines is 3. The highest BCUT2D eigenvalue weighted by Crippen LogP contribution is 2.31. The van der Waals surface area contributed by atoms with Gasteiger partial charge < -0.3 is 15.4 Å². The number of hydrogen-bond donors (Lipinski definition) is 2. The monoisotopic (exact) mass is 401 g/mol. The predicted molar refractivity (Wildman–Crippen MR) is 118 cm³/mol. The number of benzene rings is 3. The van der Waals surface area contributed by atoms with Crippen LogP contribution in [0.1, 0.15) is 18.5 Å². The van der Waals surface area contributed by atoms with Crippen LogP contribution in [0.2, 0.25) is 0 Å². The molecule has 1 atom stereocenters. The van der Waals surface area contributed by atoms with Crippen molar-refractivity contribution in [1.29, 1.82) is 0 Å². The molecule has 30 heavy (non-hydrogen) atoms. The summed E-state index contributed by atoms with van der Waals surface area (Å²) in [4.78, 5) is 26.2. The van der Waals surface area contributed by atoms with Crippen molar-refractivity contribution < 1.29 is 14.3 Å². The standard InChI is InChI=1S/C24H23N3O3/c1-17(18-7-3-2-4-8-18)25-19-11-13-20(14-12-19)26-23(28)15-27-21-9-5-6-10-22(21)30-16-24(27)29/h2-14,17,25H,15-16H2,1H3,(H,26,28). The second-order valence-electron chi connectivity index (χ2n) is 7.14.